The third kappa shape index (κ3) is 4.66. The number of nitrogens with zero attached hydrogens (tertiary/aromatic N) is 1. The number of rotatable bonds is 6. The molecule has 0 radical (unpaired) electrons. The fourth-order valence-electron chi connectivity index (χ4n) is 3.00. The lowest BCUT2D eigenvalue weighted by molar-refractivity contribution is -0.118. The van der Waals surface area contributed by atoms with Crippen LogP contribution in [0.1, 0.15) is 24.0 Å². The first-order valence-corrected chi connectivity index (χ1v) is 10.9. The molecule has 2 aromatic rings. The molecule has 3 rings (SSSR count). The maximum atomic E-state index is 12.6. The fourth-order valence-corrected chi connectivity index (χ4v) is 4.84. The molecule has 8 heteroatoms. The molecular weight excluding hydrogens is 400 g/mol. The van der Waals surface area contributed by atoms with Crippen LogP contribution in [0.5, 0.6) is 5.75 Å². The molecular formula is C20H23ClN2O4S. The topological polar surface area (TPSA) is 75.7 Å². The monoisotopic (exact) mass is 422 g/mol. The summed E-state index contributed by atoms with van der Waals surface area (Å²) in [6.45, 7) is 4.79. The number of carbonyl (C=O) groups excluding carboxylic acids is 1. The number of hydrogen-bond donors (Lipinski definition) is 1. The van der Waals surface area contributed by atoms with Crippen molar-refractivity contribution in [2.75, 3.05) is 25.0 Å². The van der Waals surface area contributed by atoms with Crippen molar-refractivity contribution in [1.29, 1.82) is 0 Å². The van der Waals surface area contributed by atoms with Crippen LogP contribution in [-0.2, 0) is 14.8 Å². The Morgan fingerprint density at radius 1 is 1.11 bits per heavy atom. The van der Waals surface area contributed by atoms with E-state index < -0.39 is 10.0 Å². The van der Waals surface area contributed by atoms with Crippen molar-refractivity contribution in [3.05, 3.63) is 52.5 Å². The SMILES string of the molecule is Cc1ccc(NC(=O)COc2ccc(S(=O)(=O)N3CCCC3)cc2Cl)cc1C. The van der Waals surface area contributed by atoms with E-state index in [1.54, 1.807) is 0 Å². The number of anilines is 1. The molecule has 1 aliphatic heterocycles. The summed E-state index contributed by atoms with van der Waals surface area (Å²) >= 11 is 6.18. The average Bonchev–Trinajstić information content (AvgIpc) is 3.19. The zero-order valence-corrected chi connectivity index (χ0v) is 17.4. The van der Waals surface area contributed by atoms with Crippen molar-refractivity contribution in [2.24, 2.45) is 0 Å². The van der Waals surface area contributed by atoms with Gasteiger partial charge in [0, 0.05) is 18.8 Å². The molecule has 0 atom stereocenters. The molecule has 1 heterocycles. The van der Waals surface area contributed by atoms with Gasteiger partial charge in [-0.25, -0.2) is 8.42 Å². The second kappa shape index (κ2) is 8.51. The van der Waals surface area contributed by atoms with Crippen molar-refractivity contribution in [2.45, 2.75) is 31.6 Å². The van der Waals surface area contributed by atoms with Gasteiger partial charge in [-0.05, 0) is 68.1 Å². The lowest BCUT2D eigenvalue weighted by Gasteiger charge is -2.16. The van der Waals surface area contributed by atoms with Gasteiger partial charge in [0.05, 0.1) is 9.92 Å². The molecule has 0 aliphatic carbocycles. The van der Waals surface area contributed by atoms with Gasteiger partial charge in [0.2, 0.25) is 10.0 Å². The highest BCUT2D eigenvalue weighted by atomic mass is 35.5. The van der Waals surface area contributed by atoms with E-state index in [1.165, 1.54) is 22.5 Å². The smallest absolute Gasteiger partial charge is 0.262 e. The summed E-state index contributed by atoms with van der Waals surface area (Å²) in [4.78, 5) is 12.2. The van der Waals surface area contributed by atoms with Gasteiger partial charge < -0.3 is 10.1 Å². The van der Waals surface area contributed by atoms with Gasteiger partial charge >= 0.3 is 0 Å². The van der Waals surface area contributed by atoms with E-state index in [1.807, 2.05) is 32.0 Å². The van der Waals surface area contributed by atoms with E-state index in [0.717, 1.165) is 24.0 Å². The van der Waals surface area contributed by atoms with Gasteiger partial charge in [0.1, 0.15) is 5.75 Å². The van der Waals surface area contributed by atoms with E-state index >= 15 is 0 Å². The summed E-state index contributed by atoms with van der Waals surface area (Å²) in [6, 6.07) is 9.95. The number of ether oxygens (including phenoxy) is 1. The summed E-state index contributed by atoms with van der Waals surface area (Å²) in [5.74, 6) is -0.0645. The Labute approximate surface area is 170 Å². The Balaban J connectivity index is 1.63. The number of benzene rings is 2. The maximum Gasteiger partial charge on any atom is 0.262 e. The first-order valence-electron chi connectivity index (χ1n) is 9.07. The van der Waals surface area contributed by atoms with Crippen LogP contribution in [0.3, 0.4) is 0 Å². The second-order valence-electron chi connectivity index (χ2n) is 6.84. The van der Waals surface area contributed by atoms with Crippen LogP contribution in [-0.4, -0.2) is 38.3 Å². The quantitative estimate of drug-likeness (QED) is 0.769. The second-order valence-corrected chi connectivity index (χ2v) is 9.18. The Hall–Kier alpha value is -2.09. The lowest BCUT2D eigenvalue weighted by Crippen LogP contribution is -2.27. The third-order valence-corrected chi connectivity index (χ3v) is 6.95. The molecule has 1 N–H and O–H groups in total. The van der Waals surface area contributed by atoms with Crippen LogP contribution < -0.4 is 10.1 Å². The molecule has 1 saturated heterocycles. The molecule has 2 aromatic carbocycles. The number of amides is 1. The molecule has 0 spiro atoms. The van der Waals surface area contributed by atoms with Gasteiger partial charge in [-0.2, -0.15) is 4.31 Å². The molecule has 0 unspecified atom stereocenters. The summed E-state index contributed by atoms with van der Waals surface area (Å²) in [7, 11) is -3.54. The molecule has 0 bridgehead atoms. The van der Waals surface area contributed by atoms with Crippen molar-refractivity contribution in [3.8, 4) is 5.75 Å². The van der Waals surface area contributed by atoms with Gasteiger partial charge in [-0.15, -0.1) is 0 Å². The predicted molar refractivity (Wildman–Crippen MR) is 109 cm³/mol. The Bertz CT molecular complexity index is 986. The number of halogens is 1. The average molecular weight is 423 g/mol. The minimum absolute atomic E-state index is 0.131. The Morgan fingerprint density at radius 3 is 2.46 bits per heavy atom. The number of carbonyl (C=O) groups is 1. The van der Waals surface area contributed by atoms with Crippen LogP contribution >= 0.6 is 11.6 Å². The summed E-state index contributed by atoms with van der Waals surface area (Å²) in [5.41, 5.74) is 2.91. The van der Waals surface area contributed by atoms with Crippen molar-refractivity contribution in [1.82, 2.24) is 4.31 Å². The van der Waals surface area contributed by atoms with Gasteiger partial charge in [0.15, 0.2) is 6.61 Å². The Morgan fingerprint density at radius 2 is 1.82 bits per heavy atom. The predicted octanol–water partition coefficient (Wildman–Crippen LogP) is 3.76. The van der Waals surface area contributed by atoms with Crippen LogP contribution in [0.2, 0.25) is 5.02 Å². The normalized spacial score (nSPS) is 14.8. The highest BCUT2D eigenvalue weighted by Gasteiger charge is 2.27. The maximum absolute atomic E-state index is 12.6. The van der Waals surface area contributed by atoms with Crippen LogP contribution in [0.25, 0.3) is 0 Å². The minimum Gasteiger partial charge on any atom is -0.482 e. The summed E-state index contributed by atoms with van der Waals surface area (Å²) < 4.78 is 32.1. The van der Waals surface area contributed by atoms with Crippen molar-refractivity contribution in [3.63, 3.8) is 0 Å². The summed E-state index contributed by atoms with van der Waals surface area (Å²) in [6.07, 6.45) is 1.73. The number of aryl methyl sites for hydroxylation is 2. The molecule has 0 aromatic heterocycles. The lowest BCUT2D eigenvalue weighted by atomic mass is 10.1. The van der Waals surface area contributed by atoms with Crippen molar-refractivity contribution >= 4 is 33.2 Å². The van der Waals surface area contributed by atoms with Crippen LogP contribution in [0.15, 0.2) is 41.3 Å². The van der Waals surface area contributed by atoms with E-state index in [4.69, 9.17) is 16.3 Å². The highest BCUT2D eigenvalue weighted by Crippen LogP contribution is 2.30. The Kier molecular flexibility index (Phi) is 6.27. The van der Waals surface area contributed by atoms with Gasteiger partial charge in [-0.1, -0.05) is 17.7 Å². The zero-order valence-electron chi connectivity index (χ0n) is 15.9. The molecule has 1 amide bonds. The van der Waals surface area contributed by atoms with E-state index in [-0.39, 0.29) is 28.2 Å². The largest absolute Gasteiger partial charge is 0.482 e. The van der Waals surface area contributed by atoms with Gasteiger partial charge in [-0.3, -0.25) is 4.79 Å². The fraction of sp³-hybridized carbons (Fsp3) is 0.350. The number of nitrogens with one attached hydrogen (secondary N) is 1. The first kappa shape index (κ1) is 20.6. The van der Waals surface area contributed by atoms with Crippen LogP contribution in [0.4, 0.5) is 5.69 Å². The van der Waals surface area contributed by atoms with Crippen molar-refractivity contribution < 1.29 is 17.9 Å². The molecule has 1 fully saturated rings. The molecule has 6 nitrogen and oxygen atoms in total. The van der Waals surface area contributed by atoms with Gasteiger partial charge in [0.25, 0.3) is 5.91 Å². The van der Waals surface area contributed by atoms with E-state index in [2.05, 4.69) is 5.32 Å². The third-order valence-electron chi connectivity index (χ3n) is 4.76. The highest BCUT2D eigenvalue weighted by molar-refractivity contribution is 7.89. The number of sulfonamides is 1. The molecule has 28 heavy (non-hydrogen) atoms. The zero-order chi connectivity index (χ0) is 20.3. The van der Waals surface area contributed by atoms with E-state index in [0.29, 0.717) is 18.8 Å². The minimum atomic E-state index is -3.54. The number of hydrogen-bond acceptors (Lipinski definition) is 4. The summed E-state index contributed by atoms with van der Waals surface area (Å²) in [5, 5.41) is 2.91. The molecule has 1 aliphatic rings. The van der Waals surface area contributed by atoms with E-state index in [9.17, 15) is 13.2 Å². The molecule has 0 saturated carbocycles. The standard InChI is InChI=1S/C20H23ClN2O4S/c1-14-5-6-16(11-15(14)2)22-20(24)13-27-19-8-7-17(12-18(19)21)28(25,26)23-9-3-4-10-23/h5-8,11-12H,3-4,9-10,13H2,1-2H3,(H,22,24). The van der Waals surface area contributed by atoms with Crippen LogP contribution in [0, 0.1) is 13.8 Å². The molecule has 150 valence electrons. The first-order chi connectivity index (χ1) is 13.3.